The second kappa shape index (κ2) is 6.07. The molecule has 0 radical (unpaired) electrons. The fourth-order valence-electron chi connectivity index (χ4n) is 2.67. The molecule has 0 aliphatic carbocycles. The van der Waals surface area contributed by atoms with Crippen molar-refractivity contribution in [2.75, 3.05) is 12.4 Å². The van der Waals surface area contributed by atoms with E-state index in [1.807, 2.05) is 36.4 Å². The van der Waals surface area contributed by atoms with Crippen molar-refractivity contribution in [2.24, 2.45) is 0 Å². The van der Waals surface area contributed by atoms with Crippen molar-refractivity contribution in [1.82, 2.24) is 0 Å². The summed E-state index contributed by atoms with van der Waals surface area (Å²) in [6.45, 7) is 0. The van der Waals surface area contributed by atoms with E-state index in [1.165, 1.54) is 7.11 Å². The van der Waals surface area contributed by atoms with Gasteiger partial charge < -0.3 is 14.5 Å². The third kappa shape index (κ3) is 2.77. The predicted octanol–water partition coefficient (Wildman–Crippen LogP) is 4.69. The lowest BCUT2D eigenvalue weighted by Gasteiger charge is -2.03. The maximum Gasteiger partial charge on any atom is 0.348 e. The maximum absolute atomic E-state index is 12.4. The number of fused-ring (bicyclic) bond motifs is 3. The first-order chi connectivity index (χ1) is 12.2. The van der Waals surface area contributed by atoms with Crippen LogP contribution in [0.3, 0.4) is 0 Å². The van der Waals surface area contributed by atoms with Crippen LogP contribution < -0.4 is 5.32 Å². The summed E-state index contributed by atoms with van der Waals surface area (Å²) in [7, 11) is 1.31. The number of nitrogens with one attached hydrogen (secondary N) is 1. The number of thiophene rings is 1. The Morgan fingerprint density at radius 2 is 1.72 bits per heavy atom. The average molecular weight is 351 g/mol. The third-order valence-electron chi connectivity index (χ3n) is 3.85. The highest BCUT2D eigenvalue weighted by atomic mass is 32.1. The molecule has 0 spiro atoms. The Balaban J connectivity index is 1.61. The first kappa shape index (κ1) is 15.4. The van der Waals surface area contributed by atoms with Crippen molar-refractivity contribution in [1.29, 1.82) is 0 Å². The van der Waals surface area contributed by atoms with Gasteiger partial charge in [0, 0.05) is 22.5 Å². The molecule has 2 heterocycles. The minimum atomic E-state index is -0.451. The summed E-state index contributed by atoms with van der Waals surface area (Å²) < 4.78 is 10.5. The Bertz CT molecular complexity index is 1110. The van der Waals surface area contributed by atoms with Gasteiger partial charge in [0.2, 0.25) is 0 Å². The highest BCUT2D eigenvalue weighted by Crippen LogP contribution is 2.30. The monoisotopic (exact) mass is 351 g/mol. The SMILES string of the molecule is COC(=O)c1ccc(C(=O)Nc2ccc3c(c2)oc2ccccc23)s1. The molecule has 6 heteroatoms. The number of esters is 1. The zero-order valence-corrected chi connectivity index (χ0v) is 14.1. The maximum atomic E-state index is 12.4. The predicted molar refractivity (Wildman–Crippen MR) is 97.3 cm³/mol. The van der Waals surface area contributed by atoms with Gasteiger partial charge in [0.15, 0.2) is 0 Å². The van der Waals surface area contributed by atoms with Crippen LogP contribution in [0, 0.1) is 0 Å². The van der Waals surface area contributed by atoms with Crippen molar-refractivity contribution in [3.8, 4) is 0 Å². The number of ether oxygens (including phenoxy) is 1. The van der Waals surface area contributed by atoms with Crippen LogP contribution in [0.2, 0.25) is 0 Å². The standard InChI is InChI=1S/C19H13NO4S/c1-23-19(22)17-9-8-16(25-17)18(21)20-11-6-7-13-12-4-2-3-5-14(12)24-15(13)10-11/h2-10H,1H3,(H,20,21). The molecule has 1 amide bonds. The summed E-state index contributed by atoms with van der Waals surface area (Å²) in [6.07, 6.45) is 0. The fourth-order valence-corrected chi connectivity index (χ4v) is 3.49. The number of carbonyl (C=O) groups is 2. The number of rotatable bonds is 3. The van der Waals surface area contributed by atoms with Crippen molar-refractivity contribution in [2.45, 2.75) is 0 Å². The van der Waals surface area contributed by atoms with Gasteiger partial charge in [0.1, 0.15) is 16.0 Å². The zero-order chi connectivity index (χ0) is 17.4. The van der Waals surface area contributed by atoms with Crippen LogP contribution >= 0.6 is 11.3 Å². The second-order valence-electron chi connectivity index (χ2n) is 5.42. The lowest BCUT2D eigenvalue weighted by Crippen LogP contribution is -2.09. The zero-order valence-electron chi connectivity index (χ0n) is 13.2. The van der Waals surface area contributed by atoms with Gasteiger partial charge in [-0.3, -0.25) is 4.79 Å². The molecular weight excluding hydrogens is 338 g/mol. The molecule has 2 aromatic heterocycles. The number of hydrogen-bond acceptors (Lipinski definition) is 5. The number of furan rings is 1. The van der Waals surface area contributed by atoms with Gasteiger partial charge in [-0.1, -0.05) is 18.2 Å². The molecule has 1 N–H and O–H groups in total. The van der Waals surface area contributed by atoms with Crippen molar-refractivity contribution in [3.05, 3.63) is 64.4 Å². The Morgan fingerprint density at radius 1 is 0.960 bits per heavy atom. The van der Waals surface area contributed by atoms with Gasteiger partial charge >= 0.3 is 5.97 Å². The van der Waals surface area contributed by atoms with Gasteiger partial charge in [-0.15, -0.1) is 11.3 Å². The van der Waals surface area contributed by atoms with E-state index in [0.717, 1.165) is 27.7 Å². The van der Waals surface area contributed by atoms with E-state index in [9.17, 15) is 9.59 Å². The van der Waals surface area contributed by atoms with Gasteiger partial charge in [0.25, 0.3) is 5.91 Å². The molecule has 0 bridgehead atoms. The second-order valence-corrected chi connectivity index (χ2v) is 6.50. The van der Waals surface area contributed by atoms with E-state index < -0.39 is 5.97 Å². The molecule has 4 rings (SSSR count). The van der Waals surface area contributed by atoms with Gasteiger partial charge in [-0.25, -0.2) is 4.79 Å². The Hall–Kier alpha value is -3.12. The number of methoxy groups -OCH3 is 1. The number of benzene rings is 2. The molecule has 4 aromatic rings. The van der Waals surface area contributed by atoms with E-state index in [0.29, 0.717) is 21.0 Å². The van der Waals surface area contributed by atoms with Crippen LogP contribution in [0.1, 0.15) is 19.3 Å². The van der Waals surface area contributed by atoms with Crippen molar-refractivity contribution >= 4 is 50.8 Å². The first-order valence-electron chi connectivity index (χ1n) is 7.56. The number of amides is 1. The molecule has 124 valence electrons. The molecule has 0 aliphatic heterocycles. The molecule has 0 fully saturated rings. The number of anilines is 1. The molecule has 0 aliphatic rings. The molecular formula is C19H13NO4S. The molecule has 5 nitrogen and oxygen atoms in total. The topological polar surface area (TPSA) is 68.5 Å². The summed E-state index contributed by atoms with van der Waals surface area (Å²) in [5.74, 6) is -0.733. The minimum Gasteiger partial charge on any atom is -0.465 e. The minimum absolute atomic E-state index is 0.282. The summed E-state index contributed by atoms with van der Waals surface area (Å²) in [5.41, 5.74) is 2.15. The van der Waals surface area contributed by atoms with E-state index in [-0.39, 0.29) is 5.91 Å². The van der Waals surface area contributed by atoms with E-state index in [2.05, 4.69) is 10.1 Å². The lowest BCUT2D eigenvalue weighted by atomic mass is 10.1. The van der Waals surface area contributed by atoms with Gasteiger partial charge in [-0.05, 0) is 30.3 Å². The average Bonchev–Trinajstić information content (AvgIpc) is 3.25. The first-order valence-corrected chi connectivity index (χ1v) is 8.38. The summed E-state index contributed by atoms with van der Waals surface area (Å²) in [4.78, 5) is 24.7. The van der Waals surface area contributed by atoms with Crippen LogP contribution in [-0.4, -0.2) is 19.0 Å². The molecule has 0 unspecified atom stereocenters. The number of carbonyl (C=O) groups excluding carboxylic acids is 2. The van der Waals surface area contributed by atoms with Crippen molar-refractivity contribution < 1.29 is 18.7 Å². The number of hydrogen-bond donors (Lipinski definition) is 1. The Kier molecular flexibility index (Phi) is 3.74. The van der Waals surface area contributed by atoms with Crippen LogP contribution in [0.4, 0.5) is 5.69 Å². The van der Waals surface area contributed by atoms with Crippen LogP contribution in [0.5, 0.6) is 0 Å². The van der Waals surface area contributed by atoms with Crippen LogP contribution in [0.15, 0.2) is 59.0 Å². The lowest BCUT2D eigenvalue weighted by molar-refractivity contribution is 0.0606. The highest BCUT2D eigenvalue weighted by molar-refractivity contribution is 7.16. The summed E-state index contributed by atoms with van der Waals surface area (Å²) in [6, 6.07) is 16.5. The Morgan fingerprint density at radius 3 is 2.56 bits per heavy atom. The molecule has 0 saturated heterocycles. The Labute approximate surface area is 146 Å². The largest absolute Gasteiger partial charge is 0.465 e. The van der Waals surface area contributed by atoms with Crippen molar-refractivity contribution in [3.63, 3.8) is 0 Å². The molecule has 2 aromatic carbocycles. The number of para-hydroxylation sites is 1. The van der Waals surface area contributed by atoms with E-state index in [1.54, 1.807) is 18.2 Å². The normalized spacial score (nSPS) is 10.9. The summed E-state index contributed by atoms with van der Waals surface area (Å²) in [5, 5.41) is 4.86. The molecule has 25 heavy (non-hydrogen) atoms. The van der Waals surface area contributed by atoms with Gasteiger partial charge in [0.05, 0.1) is 12.0 Å². The van der Waals surface area contributed by atoms with E-state index >= 15 is 0 Å². The molecule has 0 atom stereocenters. The van der Waals surface area contributed by atoms with Gasteiger partial charge in [-0.2, -0.15) is 0 Å². The fraction of sp³-hybridized carbons (Fsp3) is 0.0526. The quantitative estimate of drug-likeness (QED) is 0.544. The van der Waals surface area contributed by atoms with E-state index in [4.69, 9.17) is 4.42 Å². The van der Waals surface area contributed by atoms with Crippen LogP contribution in [-0.2, 0) is 4.74 Å². The molecule has 0 saturated carbocycles. The third-order valence-corrected chi connectivity index (χ3v) is 4.92. The highest BCUT2D eigenvalue weighted by Gasteiger charge is 2.15. The van der Waals surface area contributed by atoms with Crippen LogP contribution in [0.25, 0.3) is 21.9 Å². The summed E-state index contributed by atoms with van der Waals surface area (Å²) >= 11 is 1.09. The smallest absolute Gasteiger partial charge is 0.348 e.